The fourth-order valence-corrected chi connectivity index (χ4v) is 3.85. The minimum absolute atomic E-state index is 0.0157. The van der Waals surface area contributed by atoms with E-state index in [0.29, 0.717) is 12.2 Å². The smallest absolute Gasteiger partial charge is 0.238 e. The Labute approximate surface area is 151 Å². The van der Waals surface area contributed by atoms with E-state index >= 15 is 0 Å². The molecule has 2 aromatic carbocycles. The zero-order valence-electron chi connectivity index (χ0n) is 14.2. The Morgan fingerprint density at radius 3 is 2.48 bits per heavy atom. The summed E-state index contributed by atoms with van der Waals surface area (Å²) in [6.45, 7) is 1.82. The maximum absolute atomic E-state index is 12.4. The Morgan fingerprint density at radius 1 is 1.20 bits per heavy atom. The van der Waals surface area contributed by atoms with Crippen molar-refractivity contribution in [3.05, 3.63) is 54.1 Å². The molecule has 0 aromatic heterocycles. The van der Waals surface area contributed by atoms with Crippen LogP contribution in [-0.2, 0) is 9.59 Å². The van der Waals surface area contributed by atoms with Gasteiger partial charge in [-0.15, -0.1) is 11.8 Å². The van der Waals surface area contributed by atoms with Crippen LogP contribution < -0.4 is 15.0 Å². The largest absolute Gasteiger partial charge is 0.497 e. The Morgan fingerprint density at radius 2 is 1.88 bits per heavy atom. The lowest BCUT2D eigenvalue weighted by Gasteiger charge is -2.24. The number of thioether (sulfide) groups is 1. The standard InChI is InChI=1S/C19H20N2O3S/c1-3-17(22)20-14-6-4-13(5-7-14)19-21(18(23)12-25-19)15-8-10-16(24-2)11-9-15/h4-11,19H,3,12H2,1-2H3,(H,20,22)/t19-/m0/s1. The molecule has 0 radical (unpaired) electrons. The van der Waals surface area contributed by atoms with Crippen LogP contribution >= 0.6 is 11.8 Å². The summed E-state index contributed by atoms with van der Waals surface area (Å²) in [6.07, 6.45) is 0.444. The average molecular weight is 356 g/mol. The lowest BCUT2D eigenvalue weighted by molar-refractivity contribution is -0.116. The zero-order chi connectivity index (χ0) is 17.8. The second-order valence-corrected chi connectivity index (χ2v) is 6.72. The number of carbonyl (C=O) groups excluding carboxylic acids is 2. The number of hydrogen-bond donors (Lipinski definition) is 1. The average Bonchev–Trinajstić information content (AvgIpc) is 3.04. The van der Waals surface area contributed by atoms with Crippen LogP contribution in [0.2, 0.25) is 0 Å². The van der Waals surface area contributed by atoms with Crippen molar-refractivity contribution in [2.24, 2.45) is 0 Å². The topological polar surface area (TPSA) is 58.6 Å². The van der Waals surface area contributed by atoms with Crippen molar-refractivity contribution in [1.29, 1.82) is 0 Å². The Kier molecular flexibility index (Phi) is 5.28. The Hall–Kier alpha value is -2.47. The Bertz CT molecular complexity index is 759. The summed E-state index contributed by atoms with van der Waals surface area (Å²) in [5.41, 5.74) is 2.64. The number of benzene rings is 2. The highest BCUT2D eigenvalue weighted by atomic mass is 32.2. The van der Waals surface area contributed by atoms with Gasteiger partial charge in [0.1, 0.15) is 11.1 Å². The molecule has 130 valence electrons. The number of amides is 2. The molecule has 1 aliphatic heterocycles. The van der Waals surface area contributed by atoms with Gasteiger partial charge < -0.3 is 10.1 Å². The number of ether oxygens (including phenoxy) is 1. The first kappa shape index (κ1) is 17.4. The summed E-state index contributed by atoms with van der Waals surface area (Å²) in [5, 5.41) is 2.76. The van der Waals surface area contributed by atoms with E-state index in [2.05, 4.69) is 5.32 Å². The second-order valence-electron chi connectivity index (χ2n) is 5.65. The Balaban J connectivity index is 1.82. The van der Waals surface area contributed by atoms with Crippen LogP contribution in [0.15, 0.2) is 48.5 Å². The van der Waals surface area contributed by atoms with Crippen molar-refractivity contribution < 1.29 is 14.3 Å². The lowest BCUT2D eigenvalue weighted by Crippen LogP contribution is -2.27. The third-order valence-corrected chi connectivity index (χ3v) is 5.23. The number of anilines is 2. The van der Waals surface area contributed by atoms with E-state index in [1.165, 1.54) is 0 Å². The molecule has 1 saturated heterocycles. The third-order valence-electron chi connectivity index (χ3n) is 4.02. The molecular formula is C19H20N2O3S. The predicted octanol–water partition coefficient (Wildman–Crippen LogP) is 3.82. The third kappa shape index (κ3) is 3.79. The van der Waals surface area contributed by atoms with E-state index in [1.807, 2.05) is 60.4 Å². The van der Waals surface area contributed by atoms with Gasteiger partial charge in [0.25, 0.3) is 0 Å². The van der Waals surface area contributed by atoms with Crippen molar-refractivity contribution in [3.63, 3.8) is 0 Å². The van der Waals surface area contributed by atoms with Gasteiger partial charge in [0.2, 0.25) is 11.8 Å². The molecule has 0 saturated carbocycles. The monoisotopic (exact) mass is 356 g/mol. The van der Waals surface area contributed by atoms with Crippen molar-refractivity contribution in [3.8, 4) is 5.75 Å². The molecule has 6 heteroatoms. The van der Waals surface area contributed by atoms with Crippen LogP contribution in [0.3, 0.4) is 0 Å². The van der Waals surface area contributed by atoms with E-state index in [-0.39, 0.29) is 17.2 Å². The molecule has 2 aromatic rings. The summed E-state index contributed by atoms with van der Waals surface area (Å²) in [6, 6.07) is 15.2. The van der Waals surface area contributed by atoms with Gasteiger partial charge in [0, 0.05) is 17.8 Å². The van der Waals surface area contributed by atoms with Crippen LogP contribution in [0.4, 0.5) is 11.4 Å². The molecule has 1 atom stereocenters. The molecule has 0 unspecified atom stereocenters. The minimum atomic E-state index is -0.0724. The summed E-state index contributed by atoms with van der Waals surface area (Å²) in [5.74, 6) is 1.28. The first-order chi connectivity index (χ1) is 12.1. The highest BCUT2D eigenvalue weighted by Gasteiger charge is 2.33. The molecule has 0 bridgehead atoms. The van der Waals surface area contributed by atoms with Gasteiger partial charge in [0.05, 0.1) is 12.9 Å². The van der Waals surface area contributed by atoms with E-state index < -0.39 is 0 Å². The molecular weight excluding hydrogens is 336 g/mol. The highest BCUT2D eigenvalue weighted by Crippen LogP contribution is 2.42. The second kappa shape index (κ2) is 7.61. The quantitative estimate of drug-likeness (QED) is 0.885. The van der Waals surface area contributed by atoms with Gasteiger partial charge >= 0.3 is 0 Å². The number of methoxy groups -OCH3 is 1. The zero-order valence-corrected chi connectivity index (χ0v) is 15.0. The first-order valence-corrected chi connectivity index (χ1v) is 9.14. The van der Waals surface area contributed by atoms with Gasteiger partial charge in [-0.05, 0) is 42.0 Å². The number of rotatable bonds is 5. The van der Waals surface area contributed by atoms with Crippen molar-refractivity contribution in [1.82, 2.24) is 0 Å². The van der Waals surface area contributed by atoms with Gasteiger partial charge in [-0.25, -0.2) is 0 Å². The molecule has 1 aliphatic rings. The molecule has 25 heavy (non-hydrogen) atoms. The van der Waals surface area contributed by atoms with Crippen LogP contribution in [0.1, 0.15) is 24.3 Å². The van der Waals surface area contributed by atoms with E-state index in [4.69, 9.17) is 4.74 Å². The number of nitrogens with one attached hydrogen (secondary N) is 1. The number of hydrogen-bond acceptors (Lipinski definition) is 4. The van der Waals surface area contributed by atoms with Crippen LogP contribution in [0.5, 0.6) is 5.75 Å². The molecule has 3 rings (SSSR count). The molecule has 0 spiro atoms. The lowest BCUT2D eigenvalue weighted by atomic mass is 10.1. The highest BCUT2D eigenvalue weighted by molar-refractivity contribution is 8.00. The molecule has 0 aliphatic carbocycles. The van der Waals surface area contributed by atoms with Crippen LogP contribution in [0.25, 0.3) is 0 Å². The maximum atomic E-state index is 12.4. The number of carbonyl (C=O) groups is 2. The summed E-state index contributed by atoms with van der Waals surface area (Å²) < 4.78 is 5.18. The predicted molar refractivity (Wildman–Crippen MR) is 101 cm³/mol. The van der Waals surface area contributed by atoms with Crippen molar-refractivity contribution in [2.75, 3.05) is 23.1 Å². The van der Waals surface area contributed by atoms with Gasteiger partial charge in [0.15, 0.2) is 0 Å². The van der Waals surface area contributed by atoms with Crippen molar-refractivity contribution >= 4 is 35.0 Å². The summed E-state index contributed by atoms with van der Waals surface area (Å²) in [7, 11) is 1.62. The fourth-order valence-electron chi connectivity index (χ4n) is 2.67. The van der Waals surface area contributed by atoms with E-state index in [0.717, 1.165) is 22.7 Å². The molecule has 5 nitrogen and oxygen atoms in total. The maximum Gasteiger partial charge on any atom is 0.238 e. The van der Waals surface area contributed by atoms with E-state index in [9.17, 15) is 9.59 Å². The van der Waals surface area contributed by atoms with Gasteiger partial charge in [-0.3, -0.25) is 14.5 Å². The molecule has 1 N–H and O–H groups in total. The normalized spacial score (nSPS) is 16.8. The van der Waals surface area contributed by atoms with E-state index in [1.54, 1.807) is 18.9 Å². The SMILES string of the molecule is CCC(=O)Nc1ccc([C@@H]2SCC(=O)N2c2ccc(OC)cc2)cc1. The first-order valence-electron chi connectivity index (χ1n) is 8.10. The number of nitrogens with zero attached hydrogens (tertiary/aromatic N) is 1. The summed E-state index contributed by atoms with van der Waals surface area (Å²) >= 11 is 1.60. The summed E-state index contributed by atoms with van der Waals surface area (Å²) in [4.78, 5) is 25.7. The van der Waals surface area contributed by atoms with Crippen LogP contribution in [-0.4, -0.2) is 24.7 Å². The van der Waals surface area contributed by atoms with Crippen molar-refractivity contribution in [2.45, 2.75) is 18.7 Å². The van der Waals surface area contributed by atoms with Gasteiger partial charge in [-0.2, -0.15) is 0 Å². The van der Waals surface area contributed by atoms with Crippen LogP contribution in [0, 0.1) is 0 Å². The molecule has 2 amide bonds. The molecule has 1 heterocycles. The molecule has 1 fully saturated rings. The van der Waals surface area contributed by atoms with Gasteiger partial charge in [-0.1, -0.05) is 19.1 Å². The minimum Gasteiger partial charge on any atom is -0.497 e. The fraction of sp³-hybridized carbons (Fsp3) is 0.263.